The van der Waals surface area contributed by atoms with Crippen molar-refractivity contribution in [2.75, 3.05) is 0 Å². The van der Waals surface area contributed by atoms with Crippen molar-refractivity contribution in [1.29, 1.82) is 0 Å². The zero-order chi connectivity index (χ0) is 13.3. The van der Waals surface area contributed by atoms with Gasteiger partial charge in [0.15, 0.2) is 0 Å². The van der Waals surface area contributed by atoms with Crippen molar-refractivity contribution >= 4 is 38.6 Å². The van der Waals surface area contributed by atoms with Gasteiger partial charge < -0.3 is 0 Å². The fourth-order valence-electron chi connectivity index (χ4n) is 1.36. The Bertz CT molecular complexity index is 625. The number of halogens is 1. The smallest absolute Gasteiger partial charge is 0.144 e. The van der Waals surface area contributed by atoms with Crippen LogP contribution >= 0.6 is 11.3 Å². The molecule has 0 aliphatic carbocycles. The second-order valence-corrected chi connectivity index (χ2v) is 7.98. The minimum Gasteiger partial charge on any atom is -0.234 e. The molecule has 0 saturated carbocycles. The Balaban J connectivity index is 2.27. The number of fused-ring (bicyclic) bond motifs is 1. The van der Waals surface area contributed by atoms with Gasteiger partial charge in [0.2, 0.25) is 0 Å². The highest BCUT2D eigenvalue weighted by molar-refractivity contribution is 7.85. The third-order valence-electron chi connectivity index (χ3n) is 2.30. The van der Waals surface area contributed by atoms with E-state index in [1.165, 1.54) is 23.5 Å². The van der Waals surface area contributed by atoms with Crippen molar-refractivity contribution in [1.82, 2.24) is 0 Å². The summed E-state index contributed by atoms with van der Waals surface area (Å²) in [5.41, 5.74) is 0. The zero-order valence-electron chi connectivity index (χ0n) is 10.4. The number of hydrogen-bond donors (Lipinski definition) is 0. The van der Waals surface area contributed by atoms with Crippen LogP contribution in [-0.2, 0) is 11.0 Å². The lowest BCUT2D eigenvalue weighted by molar-refractivity contribution is 0.630. The molecular weight excluding hydrogens is 269 g/mol. The lowest BCUT2D eigenvalue weighted by Gasteiger charge is -2.12. The molecule has 5 heteroatoms. The summed E-state index contributed by atoms with van der Waals surface area (Å²) >= 11 is 1.51. The van der Waals surface area contributed by atoms with Crippen LogP contribution in [0.1, 0.15) is 25.6 Å². The van der Waals surface area contributed by atoms with Crippen molar-refractivity contribution in [3.63, 3.8) is 0 Å². The zero-order valence-corrected chi connectivity index (χ0v) is 12.1. The molecule has 1 aromatic heterocycles. The van der Waals surface area contributed by atoms with E-state index < -0.39 is 11.0 Å². The molecular formula is C13H14FNOS2. The fraction of sp³-hybridized carbons (Fsp3) is 0.308. The first-order chi connectivity index (χ1) is 8.36. The van der Waals surface area contributed by atoms with Gasteiger partial charge in [-0.2, -0.15) is 4.40 Å². The standard InChI is InChI=1S/C13H14FNOS2/c1-13(2,3)18(16)15-8-11-7-9-6-10(14)4-5-12(9)17-11/h4-8H,1-3H3/t18-/m0/s1. The summed E-state index contributed by atoms with van der Waals surface area (Å²) in [5.74, 6) is -0.248. The molecule has 2 aromatic rings. The second kappa shape index (κ2) is 4.90. The van der Waals surface area contributed by atoms with Gasteiger partial charge in [-0.25, -0.2) is 8.60 Å². The molecule has 1 heterocycles. The maximum Gasteiger partial charge on any atom is 0.144 e. The summed E-state index contributed by atoms with van der Waals surface area (Å²) < 4.78 is 29.5. The van der Waals surface area contributed by atoms with Gasteiger partial charge in [-0.3, -0.25) is 0 Å². The van der Waals surface area contributed by atoms with Crippen LogP contribution in [0.15, 0.2) is 28.7 Å². The van der Waals surface area contributed by atoms with Crippen LogP contribution in [0.25, 0.3) is 10.1 Å². The van der Waals surface area contributed by atoms with E-state index in [2.05, 4.69) is 4.40 Å². The second-order valence-electron chi connectivity index (χ2n) is 4.93. The van der Waals surface area contributed by atoms with E-state index in [1.807, 2.05) is 26.8 Å². The van der Waals surface area contributed by atoms with Gasteiger partial charge in [-0.15, -0.1) is 11.3 Å². The molecule has 0 aliphatic rings. The molecule has 1 aromatic carbocycles. The molecule has 2 nitrogen and oxygen atoms in total. The fourth-order valence-corrected chi connectivity index (χ4v) is 2.87. The number of benzene rings is 1. The molecule has 0 spiro atoms. The Kier molecular flexibility index (Phi) is 3.64. The summed E-state index contributed by atoms with van der Waals surface area (Å²) in [6.07, 6.45) is 1.60. The summed E-state index contributed by atoms with van der Waals surface area (Å²) in [5, 5.41) is 0.850. The largest absolute Gasteiger partial charge is 0.234 e. The summed E-state index contributed by atoms with van der Waals surface area (Å²) in [4.78, 5) is 0.883. The van der Waals surface area contributed by atoms with Crippen LogP contribution in [0.5, 0.6) is 0 Å². The Morgan fingerprint density at radius 1 is 1.33 bits per heavy atom. The maximum atomic E-state index is 13.0. The molecule has 0 radical (unpaired) electrons. The van der Waals surface area contributed by atoms with Gasteiger partial charge in [-0.1, -0.05) is 0 Å². The van der Waals surface area contributed by atoms with Crippen molar-refractivity contribution in [3.05, 3.63) is 35.0 Å². The lowest BCUT2D eigenvalue weighted by atomic mass is 10.2. The molecule has 0 saturated heterocycles. The number of nitrogens with zero attached hydrogens (tertiary/aromatic N) is 1. The van der Waals surface area contributed by atoms with E-state index in [0.717, 1.165) is 15.0 Å². The van der Waals surface area contributed by atoms with Crippen molar-refractivity contribution in [3.8, 4) is 0 Å². The Hall–Kier alpha value is -1.07. The first-order valence-corrected chi connectivity index (χ1v) is 7.44. The van der Waals surface area contributed by atoms with E-state index in [1.54, 1.807) is 12.3 Å². The molecule has 1 atom stereocenters. The Labute approximate surface area is 112 Å². The van der Waals surface area contributed by atoms with Crippen LogP contribution in [0.2, 0.25) is 0 Å². The average molecular weight is 283 g/mol. The monoisotopic (exact) mass is 283 g/mol. The van der Waals surface area contributed by atoms with Gasteiger partial charge in [-0.05, 0) is 50.4 Å². The first-order valence-electron chi connectivity index (χ1n) is 5.51. The molecule has 96 valence electrons. The van der Waals surface area contributed by atoms with Gasteiger partial charge >= 0.3 is 0 Å². The highest BCUT2D eigenvalue weighted by atomic mass is 32.2. The normalized spacial score (nSPS) is 14.4. The molecule has 2 rings (SSSR count). The van der Waals surface area contributed by atoms with E-state index in [9.17, 15) is 8.60 Å². The quantitative estimate of drug-likeness (QED) is 0.768. The van der Waals surface area contributed by atoms with E-state index in [4.69, 9.17) is 0 Å². The summed E-state index contributed by atoms with van der Waals surface area (Å²) in [6, 6.07) is 6.52. The van der Waals surface area contributed by atoms with Crippen LogP contribution in [0, 0.1) is 5.82 Å². The topological polar surface area (TPSA) is 29.4 Å². The number of rotatable bonds is 2. The number of thiophene rings is 1. The molecule has 0 fully saturated rings. The van der Waals surface area contributed by atoms with Crippen LogP contribution < -0.4 is 0 Å². The molecule has 0 bridgehead atoms. The van der Waals surface area contributed by atoms with Gasteiger partial charge in [0, 0.05) is 9.58 Å². The molecule has 0 aliphatic heterocycles. The average Bonchev–Trinajstić information content (AvgIpc) is 2.66. The third kappa shape index (κ3) is 3.03. The maximum absolute atomic E-state index is 13.0. The number of hydrogen-bond acceptors (Lipinski definition) is 2. The molecule has 0 amide bonds. The van der Waals surface area contributed by atoms with Gasteiger partial charge in [0.1, 0.15) is 16.8 Å². The summed E-state index contributed by atoms with van der Waals surface area (Å²) in [6.45, 7) is 5.63. The predicted molar refractivity (Wildman–Crippen MR) is 77.3 cm³/mol. The van der Waals surface area contributed by atoms with Crippen LogP contribution in [0.4, 0.5) is 4.39 Å². The van der Waals surface area contributed by atoms with Crippen LogP contribution in [0.3, 0.4) is 0 Å². The van der Waals surface area contributed by atoms with E-state index in [-0.39, 0.29) is 10.6 Å². The van der Waals surface area contributed by atoms with Gasteiger partial charge in [0.05, 0.1) is 11.0 Å². The summed E-state index contributed by atoms with van der Waals surface area (Å²) in [7, 11) is -1.26. The lowest BCUT2D eigenvalue weighted by Crippen LogP contribution is -2.19. The van der Waals surface area contributed by atoms with Crippen LogP contribution in [-0.4, -0.2) is 15.2 Å². The van der Waals surface area contributed by atoms with Crippen molar-refractivity contribution in [2.24, 2.45) is 4.40 Å². The van der Waals surface area contributed by atoms with E-state index >= 15 is 0 Å². The minimum absolute atomic E-state index is 0.248. The van der Waals surface area contributed by atoms with Crippen molar-refractivity contribution < 1.29 is 8.60 Å². The SMILES string of the molecule is CC(C)(C)[S@](=O)N=Cc1cc2cc(F)ccc2s1. The van der Waals surface area contributed by atoms with Gasteiger partial charge in [0.25, 0.3) is 0 Å². The Morgan fingerprint density at radius 3 is 2.72 bits per heavy atom. The third-order valence-corrected chi connectivity index (χ3v) is 4.69. The molecule has 18 heavy (non-hydrogen) atoms. The predicted octanol–water partition coefficient (Wildman–Crippen LogP) is 3.92. The van der Waals surface area contributed by atoms with Crippen molar-refractivity contribution in [2.45, 2.75) is 25.5 Å². The highest BCUT2D eigenvalue weighted by Gasteiger charge is 2.18. The molecule has 0 N–H and O–H groups in total. The minimum atomic E-state index is -1.26. The highest BCUT2D eigenvalue weighted by Crippen LogP contribution is 2.25. The molecule has 0 unspecified atom stereocenters. The Morgan fingerprint density at radius 2 is 2.06 bits per heavy atom. The van der Waals surface area contributed by atoms with E-state index in [0.29, 0.717) is 0 Å². The first kappa shape index (κ1) is 13.4.